The molecule has 2 nitrogen and oxygen atoms in total. The molecule has 2 atom stereocenters. The van der Waals surface area contributed by atoms with E-state index in [1.807, 2.05) is 11.8 Å². The van der Waals surface area contributed by atoms with E-state index in [0.29, 0.717) is 12.8 Å². The molecule has 0 amide bonds. The Kier molecular flexibility index (Phi) is 5.65. The van der Waals surface area contributed by atoms with Gasteiger partial charge >= 0.3 is 6.18 Å². The highest BCUT2D eigenvalue weighted by Gasteiger charge is 2.42. The van der Waals surface area contributed by atoms with E-state index in [4.69, 9.17) is 4.74 Å². The second kappa shape index (κ2) is 6.88. The van der Waals surface area contributed by atoms with Crippen LogP contribution in [0.1, 0.15) is 38.5 Å². The van der Waals surface area contributed by atoms with Crippen molar-refractivity contribution < 1.29 is 17.9 Å². The maximum Gasteiger partial charge on any atom is 0.391 e. The Bertz CT molecular complexity index is 305. The van der Waals surface area contributed by atoms with Gasteiger partial charge < -0.3 is 10.1 Å². The zero-order valence-electron chi connectivity index (χ0n) is 12.0. The molecule has 0 bridgehead atoms. The quantitative estimate of drug-likeness (QED) is 0.857. The number of ether oxygens (including phenoxy) is 1. The van der Waals surface area contributed by atoms with Crippen LogP contribution in [0.25, 0.3) is 0 Å². The van der Waals surface area contributed by atoms with Gasteiger partial charge in [0.2, 0.25) is 0 Å². The molecule has 2 fully saturated rings. The maximum atomic E-state index is 12.8. The summed E-state index contributed by atoms with van der Waals surface area (Å²) >= 11 is 1.82. The van der Waals surface area contributed by atoms with Crippen LogP contribution in [0.4, 0.5) is 13.2 Å². The summed E-state index contributed by atoms with van der Waals surface area (Å²) in [6, 6.07) is 0.0160. The highest BCUT2D eigenvalue weighted by molar-refractivity contribution is 8.00. The largest absolute Gasteiger partial charge is 0.391 e. The molecule has 1 saturated carbocycles. The van der Waals surface area contributed by atoms with Gasteiger partial charge in [-0.1, -0.05) is 6.42 Å². The average molecular weight is 311 g/mol. The smallest absolute Gasteiger partial charge is 0.381 e. The monoisotopic (exact) mass is 311 g/mol. The van der Waals surface area contributed by atoms with Crippen LogP contribution in [0.15, 0.2) is 0 Å². The Balaban J connectivity index is 1.83. The van der Waals surface area contributed by atoms with Crippen molar-refractivity contribution in [1.82, 2.24) is 5.32 Å². The first-order valence-electron chi connectivity index (χ1n) is 7.38. The van der Waals surface area contributed by atoms with Crippen LogP contribution >= 0.6 is 11.8 Å². The SMILES string of the molecule is CSC1(CN[C@H]2CCC[C@@H](C(F)(F)F)C2)CCOCC1. The Hall–Kier alpha value is 0.0600. The van der Waals surface area contributed by atoms with Gasteiger partial charge in [0.1, 0.15) is 0 Å². The third-order valence-electron chi connectivity index (χ3n) is 4.69. The first-order chi connectivity index (χ1) is 9.45. The molecule has 0 aromatic heterocycles. The number of halogens is 3. The van der Waals surface area contributed by atoms with Crippen molar-refractivity contribution in [3.05, 3.63) is 0 Å². The van der Waals surface area contributed by atoms with Crippen molar-refractivity contribution in [2.45, 2.75) is 55.5 Å². The summed E-state index contributed by atoms with van der Waals surface area (Å²) in [5.41, 5.74) is 0. The van der Waals surface area contributed by atoms with Crippen molar-refractivity contribution in [1.29, 1.82) is 0 Å². The highest BCUT2D eigenvalue weighted by atomic mass is 32.2. The Morgan fingerprint density at radius 1 is 1.25 bits per heavy atom. The van der Waals surface area contributed by atoms with Gasteiger partial charge in [-0.15, -0.1) is 0 Å². The number of thioether (sulfide) groups is 1. The maximum absolute atomic E-state index is 12.8. The van der Waals surface area contributed by atoms with Gasteiger partial charge in [0, 0.05) is 30.5 Å². The van der Waals surface area contributed by atoms with E-state index < -0.39 is 12.1 Å². The van der Waals surface area contributed by atoms with Gasteiger partial charge in [-0.2, -0.15) is 24.9 Å². The van der Waals surface area contributed by atoms with Crippen LogP contribution in [0.2, 0.25) is 0 Å². The number of hydrogen-bond acceptors (Lipinski definition) is 3. The minimum Gasteiger partial charge on any atom is -0.381 e. The first kappa shape index (κ1) is 16.4. The van der Waals surface area contributed by atoms with Gasteiger partial charge in [0.15, 0.2) is 0 Å². The summed E-state index contributed by atoms with van der Waals surface area (Å²) in [5.74, 6) is -1.12. The highest BCUT2D eigenvalue weighted by Crippen LogP contribution is 2.38. The van der Waals surface area contributed by atoms with E-state index in [-0.39, 0.29) is 17.2 Å². The van der Waals surface area contributed by atoms with Gasteiger partial charge in [0.25, 0.3) is 0 Å². The number of hydrogen-bond donors (Lipinski definition) is 1. The van der Waals surface area contributed by atoms with Crippen molar-refractivity contribution in [2.75, 3.05) is 26.0 Å². The number of alkyl halides is 3. The summed E-state index contributed by atoms with van der Waals surface area (Å²) in [7, 11) is 0. The number of nitrogens with one attached hydrogen (secondary N) is 1. The van der Waals surface area contributed by atoms with Gasteiger partial charge in [-0.05, 0) is 38.4 Å². The molecule has 6 heteroatoms. The third kappa shape index (κ3) is 4.28. The predicted octanol–water partition coefficient (Wildman–Crippen LogP) is 3.61. The minimum absolute atomic E-state index is 0.0160. The molecule has 1 saturated heterocycles. The topological polar surface area (TPSA) is 21.3 Å². The van der Waals surface area contributed by atoms with Crippen LogP contribution in [0, 0.1) is 5.92 Å². The summed E-state index contributed by atoms with van der Waals surface area (Å²) in [4.78, 5) is 0. The van der Waals surface area contributed by atoms with Crippen molar-refractivity contribution in [3.8, 4) is 0 Å². The number of rotatable bonds is 4. The molecule has 1 aliphatic heterocycles. The molecule has 1 heterocycles. The fourth-order valence-electron chi connectivity index (χ4n) is 3.20. The lowest BCUT2D eigenvalue weighted by atomic mass is 9.85. The first-order valence-corrected chi connectivity index (χ1v) is 8.61. The zero-order valence-corrected chi connectivity index (χ0v) is 12.8. The average Bonchev–Trinajstić information content (AvgIpc) is 2.46. The van der Waals surface area contributed by atoms with E-state index in [1.165, 1.54) is 0 Å². The fourth-order valence-corrected chi connectivity index (χ4v) is 4.00. The summed E-state index contributed by atoms with van der Waals surface area (Å²) in [5, 5.41) is 3.41. The van der Waals surface area contributed by atoms with E-state index in [2.05, 4.69) is 11.6 Å². The Labute approximate surface area is 123 Å². The molecular weight excluding hydrogens is 287 g/mol. The normalized spacial score (nSPS) is 31.2. The molecule has 2 aliphatic rings. The fraction of sp³-hybridized carbons (Fsp3) is 1.00. The van der Waals surface area contributed by atoms with Crippen molar-refractivity contribution in [2.24, 2.45) is 5.92 Å². The molecule has 1 N–H and O–H groups in total. The molecule has 20 heavy (non-hydrogen) atoms. The lowest BCUT2D eigenvalue weighted by Gasteiger charge is -2.38. The lowest BCUT2D eigenvalue weighted by molar-refractivity contribution is -0.183. The molecule has 0 aromatic rings. The molecule has 118 valence electrons. The van der Waals surface area contributed by atoms with E-state index in [1.54, 1.807) is 0 Å². The minimum atomic E-state index is -4.03. The molecule has 0 unspecified atom stereocenters. The lowest BCUT2D eigenvalue weighted by Crippen LogP contribution is -2.47. The van der Waals surface area contributed by atoms with Crippen LogP contribution in [-0.2, 0) is 4.74 Å². The van der Waals surface area contributed by atoms with Gasteiger partial charge in [-0.3, -0.25) is 0 Å². The molecule has 1 aliphatic carbocycles. The molecular formula is C14H24F3NOS. The van der Waals surface area contributed by atoms with Crippen molar-refractivity contribution in [3.63, 3.8) is 0 Å². The Morgan fingerprint density at radius 2 is 1.95 bits per heavy atom. The van der Waals surface area contributed by atoms with Crippen LogP contribution < -0.4 is 5.32 Å². The van der Waals surface area contributed by atoms with E-state index >= 15 is 0 Å². The molecule has 0 spiro atoms. The van der Waals surface area contributed by atoms with Crippen molar-refractivity contribution >= 4 is 11.8 Å². The molecule has 0 radical (unpaired) electrons. The third-order valence-corrected chi connectivity index (χ3v) is 6.11. The van der Waals surface area contributed by atoms with Crippen LogP contribution in [0.3, 0.4) is 0 Å². The van der Waals surface area contributed by atoms with E-state index in [0.717, 1.165) is 39.0 Å². The molecule has 0 aromatic carbocycles. The van der Waals surface area contributed by atoms with Crippen LogP contribution in [-0.4, -0.2) is 43.0 Å². The summed E-state index contributed by atoms with van der Waals surface area (Å²) in [6.07, 6.45) is 2.11. The molecule has 2 rings (SSSR count). The summed E-state index contributed by atoms with van der Waals surface area (Å²) < 4.78 is 43.9. The standard InChI is InChI=1S/C14H24F3NOS/c1-20-13(5-7-19-8-6-13)10-18-12-4-2-3-11(9-12)14(15,16)17/h11-12,18H,2-10H2,1H3/t11-,12+/m1/s1. The predicted molar refractivity (Wildman–Crippen MR) is 76.1 cm³/mol. The zero-order chi connectivity index (χ0) is 14.6. The summed E-state index contributed by atoms with van der Waals surface area (Å²) in [6.45, 7) is 2.32. The Morgan fingerprint density at radius 3 is 2.55 bits per heavy atom. The second-order valence-electron chi connectivity index (χ2n) is 5.98. The van der Waals surface area contributed by atoms with Gasteiger partial charge in [-0.25, -0.2) is 0 Å². The second-order valence-corrected chi connectivity index (χ2v) is 7.26. The van der Waals surface area contributed by atoms with Crippen LogP contribution in [0.5, 0.6) is 0 Å². The van der Waals surface area contributed by atoms with E-state index in [9.17, 15) is 13.2 Å². The van der Waals surface area contributed by atoms with Gasteiger partial charge in [0.05, 0.1) is 5.92 Å².